The molecule has 0 fully saturated rings. The van der Waals surface area contributed by atoms with Crippen LogP contribution in [0.15, 0.2) is 4.99 Å². The Morgan fingerprint density at radius 3 is 2.47 bits per heavy atom. The van der Waals surface area contributed by atoms with Crippen LogP contribution in [-0.2, 0) is 9.53 Å². The van der Waals surface area contributed by atoms with Gasteiger partial charge >= 0.3 is 5.97 Å². The molecular formula is C14H29N3O2. The van der Waals surface area contributed by atoms with Crippen molar-refractivity contribution in [3.63, 3.8) is 0 Å². The fourth-order valence-corrected chi connectivity index (χ4v) is 1.62. The number of carbonyl (C=O) groups excluding carboxylic acids is 1. The van der Waals surface area contributed by atoms with E-state index in [4.69, 9.17) is 0 Å². The van der Waals surface area contributed by atoms with Crippen molar-refractivity contribution in [3.05, 3.63) is 0 Å². The number of guanidine groups is 1. The van der Waals surface area contributed by atoms with Gasteiger partial charge in [0.1, 0.15) is 0 Å². The van der Waals surface area contributed by atoms with Crippen LogP contribution in [-0.4, -0.2) is 38.2 Å². The molecule has 0 aliphatic heterocycles. The second-order valence-corrected chi connectivity index (χ2v) is 4.80. The van der Waals surface area contributed by atoms with Crippen molar-refractivity contribution in [3.8, 4) is 0 Å². The molecule has 5 nitrogen and oxygen atoms in total. The second kappa shape index (κ2) is 11.8. The van der Waals surface area contributed by atoms with E-state index in [1.54, 1.807) is 0 Å². The lowest BCUT2D eigenvalue weighted by molar-refractivity contribution is -0.140. The summed E-state index contributed by atoms with van der Waals surface area (Å²) < 4.78 is 4.60. The van der Waals surface area contributed by atoms with Crippen LogP contribution in [0.3, 0.4) is 0 Å². The highest BCUT2D eigenvalue weighted by Crippen LogP contribution is 2.03. The number of hydrogen-bond donors (Lipinski definition) is 2. The number of nitrogens with one attached hydrogen (secondary N) is 2. The van der Waals surface area contributed by atoms with E-state index in [9.17, 15) is 4.79 Å². The van der Waals surface area contributed by atoms with Crippen LogP contribution in [0.5, 0.6) is 0 Å². The minimum atomic E-state index is -0.117. The van der Waals surface area contributed by atoms with Gasteiger partial charge in [-0.25, -0.2) is 0 Å². The average Bonchev–Trinajstić information content (AvgIpc) is 2.36. The molecule has 0 saturated carbocycles. The first-order valence-electron chi connectivity index (χ1n) is 7.21. The zero-order chi connectivity index (χ0) is 14.5. The Balaban J connectivity index is 3.65. The molecule has 0 aliphatic rings. The topological polar surface area (TPSA) is 62.7 Å². The highest BCUT2D eigenvalue weighted by Gasteiger charge is 2.00. The summed E-state index contributed by atoms with van der Waals surface area (Å²) in [5.41, 5.74) is 0. The van der Waals surface area contributed by atoms with Crippen molar-refractivity contribution < 1.29 is 9.53 Å². The van der Waals surface area contributed by atoms with Crippen LogP contribution in [0.1, 0.15) is 52.9 Å². The van der Waals surface area contributed by atoms with Crippen LogP contribution < -0.4 is 10.6 Å². The van der Waals surface area contributed by atoms with Gasteiger partial charge in [0.15, 0.2) is 5.96 Å². The Morgan fingerprint density at radius 2 is 1.89 bits per heavy atom. The maximum atomic E-state index is 10.9. The van der Waals surface area contributed by atoms with Gasteiger partial charge in [0, 0.05) is 25.6 Å². The third kappa shape index (κ3) is 11.6. The van der Waals surface area contributed by atoms with Gasteiger partial charge in [-0.3, -0.25) is 9.79 Å². The first-order valence-corrected chi connectivity index (χ1v) is 7.21. The third-order valence-electron chi connectivity index (χ3n) is 2.56. The number of ether oxygens (including phenoxy) is 1. The molecule has 2 N–H and O–H groups in total. The van der Waals surface area contributed by atoms with E-state index in [0.717, 1.165) is 44.7 Å². The third-order valence-corrected chi connectivity index (χ3v) is 2.56. The molecule has 0 atom stereocenters. The number of rotatable bonds is 9. The molecule has 0 unspecified atom stereocenters. The van der Waals surface area contributed by atoms with E-state index in [2.05, 4.69) is 41.1 Å². The quantitative estimate of drug-likeness (QED) is 0.292. The largest absolute Gasteiger partial charge is 0.469 e. The number of aliphatic imine (C=N–C) groups is 1. The molecule has 0 saturated heterocycles. The highest BCUT2D eigenvalue weighted by molar-refractivity contribution is 5.79. The van der Waals surface area contributed by atoms with E-state index in [-0.39, 0.29) is 5.97 Å². The lowest BCUT2D eigenvalue weighted by Crippen LogP contribution is -2.41. The van der Waals surface area contributed by atoms with Crippen LogP contribution in [0, 0.1) is 0 Å². The van der Waals surface area contributed by atoms with Crippen molar-refractivity contribution in [1.29, 1.82) is 0 Å². The van der Waals surface area contributed by atoms with Crippen molar-refractivity contribution in [2.45, 2.75) is 58.9 Å². The molecular weight excluding hydrogens is 242 g/mol. The van der Waals surface area contributed by atoms with Gasteiger partial charge < -0.3 is 15.4 Å². The predicted molar refractivity (Wildman–Crippen MR) is 79.4 cm³/mol. The molecule has 0 radical (unpaired) electrons. The molecule has 0 aromatic heterocycles. The predicted octanol–water partition coefficient (Wildman–Crippen LogP) is 2.07. The van der Waals surface area contributed by atoms with Crippen molar-refractivity contribution in [2.75, 3.05) is 20.2 Å². The average molecular weight is 271 g/mol. The Kier molecular flexibility index (Phi) is 11.0. The van der Waals surface area contributed by atoms with Crippen molar-refractivity contribution in [2.24, 2.45) is 4.99 Å². The molecule has 0 bridgehead atoms. The van der Waals surface area contributed by atoms with Gasteiger partial charge in [-0.15, -0.1) is 0 Å². The summed E-state index contributed by atoms with van der Waals surface area (Å²) in [6, 6.07) is 0.387. The number of esters is 1. The van der Waals surface area contributed by atoms with Gasteiger partial charge in [-0.05, 0) is 33.6 Å². The molecule has 0 aliphatic carbocycles. The van der Waals surface area contributed by atoms with E-state index < -0.39 is 0 Å². The molecule has 5 heteroatoms. The molecule has 112 valence electrons. The zero-order valence-corrected chi connectivity index (χ0v) is 12.8. The first-order chi connectivity index (χ1) is 9.10. The fraction of sp³-hybridized carbons (Fsp3) is 0.857. The number of unbranched alkanes of at least 4 members (excludes halogenated alkanes) is 3. The summed E-state index contributed by atoms with van der Waals surface area (Å²) in [5, 5.41) is 6.50. The van der Waals surface area contributed by atoms with Gasteiger partial charge in [0.2, 0.25) is 0 Å². The van der Waals surface area contributed by atoms with Gasteiger partial charge in [0.25, 0.3) is 0 Å². The number of hydrogen-bond acceptors (Lipinski definition) is 3. The maximum Gasteiger partial charge on any atom is 0.305 e. The minimum absolute atomic E-state index is 0.117. The van der Waals surface area contributed by atoms with E-state index >= 15 is 0 Å². The zero-order valence-electron chi connectivity index (χ0n) is 12.8. The molecule has 0 spiro atoms. The Hall–Kier alpha value is -1.26. The SMILES string of the molecule is CCNC(=NCCCCCCC(=O)OC)NC(C)C. The summed E-state index contributed by atoms with van der Waals surface area (Å²) >= 11 is 0. The molecule has 0 rings (SSSR count). The van der Waals surface area contributed by atoms with Crippen LogP contribution in [0.4, 0.5) is 0 Å². The molecule has 0 aromatic carbocycles. The summed E-state index contributed by atoms with van der Waals surface area (Å²) in [6.07, 6.45) is 4.63. The van der Waals surface area contributed by atoms with Gasteiger partial charge in [0.05, 0.1) is 7.11 Å². The van der Waals surface area contributed by atoms with Gasteiger partial charge in [-0.1, -0.05) is 12.8 Å². The first kappa shape index (κ1) is 17.7. The molecule has 0 amide bonds. The summed E-state index contributed by atoms with van der Waals surface area (Å²) in [5.74, 6) is 0.764. The molecule has 0 heterocycles. The number of methoxy groups -OCH3 is 1. The lowest BCUT2D eigenvalue weighted by atomic mass is 10.1. The number of carbonyl (C=O) groups is 1. The normalized spacial score (nSPS) is 11.5. The van der Waals surface area contributed by atoms with Crippen molar-refractivity contribution >= 4 is 11.9 Å². The summed E-state index contributed by atoms with van der Waals surface area (Å²) in [4.78, 5) is 15.4. The Labute approximate surface area is 117 Å². The number of nitrogens with zero attached hydrogens (tertiary/aromatic N) is 1. The lowest BCUT2D eigenvalue weighted by Gasteiger charge is -2.13. The maximum absolute atomic E-state index is 10.9. The highest BCUT2D eigenvalue weighted by atomic mass is 16.5. The monoisotopic (exact) mass is 271 g/mol. The minimum Gasteiger partial charge on any atom is -0.469 e. The van der Waals surface area contributed by atoms with Crippen LogP contribution in [0.2, 0.25) is 0 Å². The van der Waals surface area contributed by atoms with E-state index in [1.807, 2.05) is 0 Å². The van der Waals surface area contributed by atoms with Crippen LogP contribution in [0.25, 0.3) is 0 Å². The Morgan fingerprint density at radius 1 is 1.21 bits per heavy atom. The van der Waals surface area contributed by atoms with Crippen LogP contribution >= 0.6 is 0 Å². The molecule has 19 heavy (non-hydrogen) atoms. The summed E-state index contributed by atoms with van der Waals surface area (Å²) in [7, 11) is 1.43. The second-order valence-electron chi connectivity index (χ2n) is 4.80. The Bertz CT molecular complexity index is 265. The van der Waals surface area contributed by atoms with E-state index in [0.29, 0.717) is 12.5 Å². The molecule has 0 aromatic rings. The van der Waals surface area contributed by atoms with Gasteiger partial charge in [-0.2, -0.15) is 0 Å². The van der Waals surface area contributed by atoms with E-state index in [1.165, 1.54) is 7.11 Å². The van der Waals surface area contributed by atoms with Crippen molar-refractivity contribution in [1.82, 2.24) is 10.6 Å². The fourth-order valence-electron chi connectivity index (χ4n) is 1.62. The summed E-state index contributed by atoms with van der Waals surface area (Å²) in [6.45, 7) is 7.95. The standard InChI is InChI=1S/C14H29N3O2/c1-5-15-14(17-12(2)3)16-11-9-7-6-8-10-13(18)19-4/h12H,5-11H2,1-4H3,(H2,15,16,17). The smallest absolute Gasteiger partial charge is 0.305 e.